The summed E-state index contributed by atoms with van der Waals surface area (Å²) in [6, 6.07) is 13.2. The van der Waals surface area contributed by atoms with Crippen LogP contribution >= 0.6 is 0 Å². The van der Waals surface area contributed by atoms with E-state index in [0.29, 0.717) is 34.5 Å². The van der Waals surface area contributed by atoms with Crippen LogP contribution in [0.4, 0.5) is 5.82 Å². The highest BCUT2D eigenvalue weighted by atomic mass is 16.5. The molecular formula is C29H34N6O3. The first-order chi connectivity index (χ1) is 18.4. The second-order valence-electron chi connectivity index (χ2n) is 9.93. The van der Waals surface area contributed by atoms with Crippen LogP contribution in [0.1, 0.15) is 51.9 Å². The van der Waals surface area contributed by atoms with E-state index in [0.717, 1.165) is 67.7 Å². The SMILES string of the molecule is CCCCc1nc2c(N)nc3cc(C(=O)OC)ccc3c2n1Cc1ccc(C(=O)N2CCN(C)CC2)cc1. The Bertz CT molecular complexity index is 1490. The molecule has 9 nitrogen and oxygen atoms in total. The first-order valence-electron chi connectivity index (χ1n) is 13.1. The number of amides is 1. The van der Waals surface area contributed by atoms with Gasteiger partial charge in [-0.2, -0.15) is 0 Å². The summed E-state index contributed by atoms with van der Waals surface area (Å²) in [6.45, 7) is 6.02. The maximum Gasteiger partial charge on any atom is 0.337 e. The highest BCUT2D eigenvalue weighted by molar-refractivity contribution is 6.08. The Morgan fingerprint density at radius 3 is 2.39 bits per heavy atom. The number of carbonyl (C=O) groups excluding carboxylic acids is 2. The number of fused-ring (bicyclic) bond motifs is 3. The van der Waals surface area contributed by atoms with Crippen molar-refractivity contribution in [3.63, 3.8) is 0 Å². The largest absolute Gasteiger partial charge is 0.465 e. The molecule has 1 amide bonds. The molecule has 2 aromatic heterocycles. The summed E-state index contributed by atoms with van der Waals surface area (Å²) >= 11 is 0. The number of esters is 1. The Labute approximate surface area is 222 Å². The van der Waals surface area contributed by atoms with Gasteiger partial charge in [0.25, 0.3) is 5.91 Å². The highest BCUT2D eigenvalue weighted by Gasteiger charge is 2.21. The number of hydrogen-bond donors (Lipinski definition) is 1. The third kappa shape index (κ3) is 4.93. The lowest BCUT2D eigenvalue weighted by Crippen LogP contribution is -2.47. The van der Waals surface area contributed by atoms with E-state index in [-0.39, 0.29) is 5.91 Å². The van der Waals surface area contributed by atoms with E-state index >= 15 is 0 Å². The number of methoxy groups -OCH3 is 1. The van der Waals surface area contributed by atoms with Gasteiger partial charge in [-0.1, -0.05) is 25.5 Å². The normalized spacial score (nSPS) is 14.3. The van der Waals surface area contributed by atoms with Gasteiger partial charge in [0.2, 0.25) is 0 Å². The lowest BCUT2D eigenvalue weighted by atomic mass is 10.1. The van der Waals surface area contributed by atoms with Crippen LogP contribution < -0.4 is 5.73 Å². The quantitative estimate of drug-likeness (QED) is 0.375. The molecule has 0 spiro atoms. The Morgan fingerprint density at radius 1 is 1.00 bits per heavy atom. The first-order valence-corrected chi connectivity index (χ1v) is 13.1. The molecule has 3 heterocycles. The lowest BCUT2D eigenvalue weighted by molar-refractivity contribution is 0.0600. The number of nitrogens with zero attached hydrogens (tertiary/aromatic N) is 5. The van der Waals surface area contributed by atoms with Crippen molar-refractivity contribution in [3.05, 3.63) is 65.0 Å². The summed E-state index contributed by atoms with van der Waals surface area (Å²) in [7, 11) is 3.44. The van der Waals surface area contributed by atoms with Gasteiger partial charge in [-0.25, -0.2) is 14.8 Å². The minimum Gasteiger partial charge on any atom is -0.465 e. The number of aryl methyl sites for hydroxylation is 1. The molecule has 2 aromatic carbocycles. The summed E-state index contributed by atoms with van der Waals surface area (Å²) in [6.07, 6.45) is 2.86. The molecule has 2 N–H and O–H groups in total. The number of aromatic nitrogens is 3. The number of likely N-dealkylation sites (N-methyl/N-ethyl adjacent to an activating group) is 1. The number of ether oxygens (including phenoxy) is 1. The number of nitrogens with two attached hydrogens (primary N) is 1. The lowest BCUT2D eigenvalue weighted by Gasteiger charge is -2.32. The molecule has 198 valence electrons. The summed E-state index contributed by atoms with van der Waals surface area (Å²) in [5.74, 6) is 0.931. The van der Waals surface area contributed by atoms with Crippen LogP contribution in [0.25, 0.3) is 21.9 Å². The van der Waals surface area contributed by atoms with Gasteiger partial charge in [0.1, 0.15) is 11.3 Å². The van der Waals surface area contributed by atoms with E-state index in [1.165, 1.54) is 7.11 Å². The maximum atomic E-state index is 13.0. The minimum atomic E-state index is -0.421. The molecule has 0 radical (unpaired) electrons. The monoisotopic (exact) mass is 514 g/mol. The van der Waals surface area contributed by atoms with Crippen molar-refractivity contribution in [3.8, 4) is 0 Å². The number of nitrogen functional groups attached to an aromatic ring is 1. The second kappa shape index (κ2) is 10.8. The number of imidazole rings is 1. The van der Waals surface area contributed by atoms with Crippen LogP contribution in [0.5, 0.6) is 0 Å². The number of anilines is 1. The van der Waals surface area contributed by atoms with E-state index in [4.69, 9.17) is 15.5 Å². The number of unbranched alkanes of at least 4 members (excludes halogenated alkanes) is 1. The summed E-state index contributed by atoms with van der Waals surface area (Å²) in [4.78, 5) is 38.7. The van der Waals surface area contributed by atoms with E-state index < -0.39 is 5.97 Å². The van der Waals surface area contributed by atoms with Gasteiger partial charge in [-0.05, 0) is 49.4 Å². The fourth-order valence-corrected chi connectivity index (χ4v) is 5.03. The molecule has 0 saturated carbocycles. The summed E-state index contributed by atoms with van der Waals surface area (Å²) < 4.78 is 7.07. The molecule has 0 unspecified atom stereocenters. The minimum absolute atomic E-state index is 0.0765. The molecule has 5 rings (SSSR count). The average Bonchev–Trinajstić information content (AvgIpc) is 3.30. The smallest absolute Gasteiger partial charge is 0.337 e. The average molecular weight is 515 g/mol. The first kappa shape index (κ1) is 25.7. The number of benzene rings is 2. The van der Waals surface area contributed by atoms with Crippen molar-refractivity contribution in [2.75, 3.05) is 46.1 Å². The van der Waals surface area contributed by atoms with Gasteiger partial charge < -0.3 is 24.8 Å². The fourth-order valence-electron chi connectivity index (χ4n) is 5.03. The van der Waals surface area contributed by atoms with E-state index in [1.807, 2.05) is 35.2 Å². The zero-order chi connectivity index (χ0) is 26.8. The Balaban J connectivity index is 1.52. The molecule has 9 heteroatoms. The van der Waals surface area contributed by atoms with E-state index in [9.17, 15) is 9.59 Å². The highest BCUT2D eigenvalue weighted by Crippen LogP contribution is 2.31. The second-order valence-corrected chi connectivity index (χ2v) is 9.93. The molecule has 1 fully saturated rings. The third-order valence-electron chi connectivity index (χ3n) is 7.29. The molecule has 38 heavy (non-hydrogen) atoms. The summed E-state index contributed by atoms with van der Waals surface area (Å²) in [5, 5.41) is 0.874. The van der Waals surface area contributed by atoms with Crippen LogP contribution in [0.15, 0.2) is 42.5 Å². The van der Waals surface area contributed by atoms with Crippen molar-refractivity contribution >= 4 is 39.6 Å². The zero-order valence-corrected chi connectivity index (χ0v) is 22.2. The van der Waals surface area contributed by atoms with E-state index in [2.05, 4.69) is 28.4 Å². The molecule has 1 aliphatic heterocycles. The molecule has 1 saturated heterocycles. The van der Waals surface area contributed by atoms with Gasteiger partial charge >= 0.3 is 5.97 Å². The molecule has 0 atom stereocenters. The predicted octanol–water partition coefficient (Wildman–Crippen LogP) is 3.73. The van der Waals surface area contributed by atoms with Crippen LogP contribution in [-0.4, -0.2) is 76.5 Å². The van der Waals surface area contributed by atoms with E-state index in [1.54, 1.807) is 12.1 Å². The number of carbonyl (C=O) groups is 2. The Hall–Kier alpha value is -3.98. The van der Waals surface area contributed by atoms with Crippen molar-refractivity contribution in [2.45, 2.75) is 32.7 Å². The van der Waals surface area contributed by atoms with Crippen molar-refractivity contribution < 1.29 is 14.3 Å². The van der Waals surface area contributed by atoms with Crippen LogP contribution in [0.2, 0.25) is 0 Å². The van der Waals surface area contributed by atoms with Gasteiger partial charge in [0.05, 0.1) is 23.7 Å². The zero-order valence-electron chi connectivity index (χ0n) is 22.2. The van der Waals surface area contributed by atoms with Crippen LogP contribution in [0, 0.1) is 0 Å². The standard InChI is InChI=1S/C29H34N6O3/c1-4-5-6-24-32-25-26(22-12-11-21(29(37)38-3)17-23(22)31-27(25)30)35(24)18-19-7-9-20(10-8-19)28(36)34-15-13-33(2)14-16-34/h7-12,17H,4-6,13-16,18H2,1-3H3,(H2,30,31). The van der Waals surface area contributed by atoms with Crippen molar-refractivity contribution in [1.29, 1.82) is 0 Å². The molecule has 4 aromatic rings. The Morgan fingerprint density at radius 2 is 1.71 bits per heavy atom. The molecule has 0 aliphatic carbocycles. The predicted molar refractivity (Wildman–Crippen MR) is 148 cm³/mol. The van der Waals surface area contributed by atoms with Gasteiger partial charge in [0, 0.05) is 50.1 Å². The molecule has 1 aliphatic rings. The summed E-state index contributed by atoms with van der Waals surface area (Å²) in [5.41, 5.74) is 10.7. The molecule has 0 bridgehead atoms. The number of hydrogen-bond acceptors (Lipinski definition) is 7. The van der Waals surface area contributed by atoms with Gasteiger partial charge in [-0.3, -0.25) is 4.79 Å². The van der Waals surface area contributed by atoms with Crippen molar-refractivity contribution in [2.24, 2.45) is 0 Å². The maximum absolute atomic E-state index is 13.0. The van der Waals surface area contributed by atoms with Crippen LogP contribution in [0.3, 0.4) is 0 Å². The van der Waals surface area contributed by atoms with Crippen molar-refractivity contribution in [1.82, 2.24) is 24.3 Å². The van der Waals surface area contributed by atoms with Gasteiger partial charge in [-0.15, -0.1) is 0 Å². The fraction of sp³-hybridized carbons (Fsp3) is 0.379. The Kier molecular flexibility index (Phi) is 7.28. The third-order valence-corrected chi connectivity index (χ3v) is 7.29. The number of pyridine rings is 1. The van der Waals surface area contributed by atoms with Gasteiger partial charge in [0.15, 0.2) is 5.82 Å². The topological polar surface area (TPSA) is 107 Å². The number of rotatable bonds is 7. The van der Waals surface area contributed by atoms with Crippen LogP contribution in [-0.2, 0) is 17.7 Å². The number of piperazine rings is 1. The molecular weight excluding hydrogens is 480 g/mol.